The van der Waals surface area contributed by atoms with Crippen LogP contribution in [0.2, 0.25) is 0 Å². The van der Waals surface area contributed by atoms with E-state index in [9.17, 15) is 4.79 Å². The van der Waals surface area contributed by atoms with Crippen LogP contribution in [0.5, 0.6) is 5.75 Å². The maximum Gasteiger partial charge on any atom is 0.187 e. The van der Waals surface area contributed by atoms with Crippen molar-refractivity contribution in [3.63, 3.8) is 0 Å². The first-order valence-corrected chi connectivity index (χ1v) is 10.7. The molecule has 1 atom stereocenters. The maximum atomic E-state index is 13.7. The second-order valence-corrected chi connectivity index (χ2v) is 9.32. The first-order valence-electron chi connectivity index (χ1n) is 9.09. The van der Waals surface area contributed by atoms with E-state index in [-0.39, 0.29) is 5.78 Å². The fraction of sp³-hybridized carbons (Fsp3) is 0.381. The Hall–Kier alpha value is -1.34. The second-order valence-electron chi connectivity index (χ2n) is 7.01. The van der Waals surface area contributed by atoms with E-state index in [0.717, 1.165) is 28.0 Å². The lowest BCUT2D eigenvalue weighted by atomic mass is 9.92. The summed E-state index contributed by atoms with van der Waals surface area (Å²) in [6.07, 6.45) is 0. The molecule has 0 amide bonds. The van der Waals surface area contributed by atoms with E-state index in [1.165, 1.54) is 0 Å². The lowest BCUT2D eigenvalue weighted by Gasteiger charge is -2.40. The fourth-order valence-corrected chi connectivity index (χ4v) is 5.17. The standard InChI is InChI=1S/C21H22BrNO3S/c1-15-11-19-17(12-18(15)22)20(24)21(14-26-19,13-23-7-9-25-10-8-23)27-16-5-3-2-4-6-16/h2-6,11-12H,7-10,13-14H2,1H3/t21-/m0/s1. The van der Waals surface area contributed by atoms with Crippen molar-refractivity contribution >= 4 is 33.5 Å². The molecule has 2 aromatic carbocycles. The number of nitrogens with zero attached hydrogens (tertiary/aromatic N) is 1. The van der Waals surface area contributed by atoms with Crippen molar-refractivity contribution in [3.05, 3.63) is 58.1 Å². The van der Waals surface area contributed by atoms with Gasteiger partial charge in [-0.15, -0.1) is 11.8 Å². The second kappa shape index (κ2) is 7.95. The van der Waals surface area contributed by atoms with Crippen molar-refractivity contribution < 1.29 is 14.3 Å². The van der Waals surface area contributed by atoms with Gasteiger partial charge < -0.3 is 9.47 Å². The summed E-state index contributed by atoms with van der Waals surface area (Å²) in [4.78, 5) is 17.1. The van der Waals surface area contributed by atoms with Crippen LogP contribution in [0.15, 0.2) is 51.8 Å². The molecular formula is C21H22BrNO3S. The van der Waals surface area contributed by atoms with Crippen LogP contribution in [0.3, 0.4) is 0 Å². The average molecular weight is 448 g/mol. The van der Waals surface area contributed by atoms with E-state index in [1.807, 2.05) is 37.3 Å². The lowest BCUT2D eigenvalue weighted by Crippen LogP contribution is -2.54. The molecule has 2 aliphatic rings. The quantitative estimate of drug-likeness (QED) is 0.701. The lowest BCUT2D eigenvalue weighted by molar-refractivity contribution is 0.0287. The van der Waals surface area contributed by atoms with Crippen LogP contribution >= 0.6 is 27.7 Å². The smallest absolute Gasteiger partial charge is 0.187 e. The molecule has 6 heteroatoms. The SMILES string of the molecule is Cc1cc2c(cc1Br)C(=O)[C@@](CN1CCOCC1)(Sc1ccccc1)CO2. The first-order chi connectivity index (χ1) is 13.1. The van der Waals surface area contributed by atoms with Crippen LogP contribution in [0.1, 0.15) is 15.9 Å². The van der Waals surface area contributed by atoms with Crippen molar-refractivity contribution in [3.8, 4) is 5.75 Å². The van der Waals surface area contributed by atoms with E-state index in [2.05, 4.69) is 33.0 Å². The molecule has 2 aliphatic heterocycles. The monoisotopic (exact) mass is 447 g/mol. The van der Waals surface area contributed by atoms with Crippen LogP contribution in [0.4, 0.5) is 0 Å². The van der Waals surface area contributed by atoms with E-state index in [0.29, 0.717) is 37.7 Å². The van der Waals surface area contributed by atoms with Crippen LogP contribution < -0.4 is 4.74 Å². The van der Waals surface area contributed by atoms with E-state index in [4.69, 9.17) is 9.47 Å². The summed E-state index contributed by atoms with van der Waals surface area (Å²) in [5.41, 5.74) is 1.73. The number of hydrogen-bond donors (Lipinski definition) is 0. The molecule has 0 bridgehead atoms. The molecule has 4 nitrogen and oxygen atoms in total. The van der Waals surface area contributed by atoms with Gasteiger partial charge in [0, 0.05) is 29.0 Å². The zero-order valence-corrected chi connectivity index (χ0v) is 17.6. The van der Waals surface area contributed by atoms with Gasteiger partial charge in [0.05, 0.1) is 18.8 Å². The molecule has 4 rings (SSSR count). The summed E-state index contributed by atoms with van der Waals surface area (Å²) in [6.45, 7) is 6.14. The Morgan fingerprint density at radius 1 is 1.19 bits per heavy atom. The molecule has 142 valence electrons. The number of hydrogen-bond acceptors (Lipinski definition) is 5. The highest BCUT2D eigenvalue weighted by molar-refractivity contribution is 9.10. The number of carbonyl (C=O) groups excluding carboxylic acids is 1. The zero-order chi connectivity index (χ0) is 18.9. The Bertz CT molecular complexity index is 839. The van der Waals surface area contributed by atoms with Crippen molar-refractivity contribution in [2.24, 2.45) is 0 Å². The highest BCUT2D eigenvalue weighted by Crippen LogP contribution is 2.43. The molecule has 0 radical (unpaired) electrons. The number of aryl methyl sites for hydroxylation is 1. The topological polar surface area (TPSA) is 38.8 Å². The molecule has 0 saturated carbocycles. The summed E-state index contributed by atoms with van der Waals surface area (Å²) in [5.74, 6) is 0.830. The van der Waals surface area contributed by atoms with Gasteiger partial charge >= 0.3 is 0 Å². The van der Waals surface area contributed by atoms with Crippen molar-refractivity contribution in [2.75, 3.05) is 39.5 Å². The Morgan fingerprint density at radius 2 is 1.93 bits per heavy atom. The van der Waals surface area contributed by atoms with Gasteiger partial charge in [0.25, 0.3) is 0 Å². The van der Waals surface area contributed by atoms with Crippen LogP contribution in [0, 0.1) is 6.92 Å². The van der Waals surface area contributed by atoms with Gasteiger partial charge in [0.1, 0.15) is 17.1 Å². The molecule has 1 saturated heterocycles. The average Bonchev–Trinajstić information content (AvgIpc) is 2.68. The molecule has 2 aromatic rings. The Morgan fingerprint density at radius 3 is 2.67 bits per heavy atom. The molecule has 2 heterocycles. The molecule has 0 aliphatic carbocycles. The van der Waals surface area contributed by atoms with Crippen LogP contribution in [-0.4, -0.2) is 54.9 Å². The van der Waals surface area contributed by atoms with Crippen LogP contribution in [0.25, 0.3) is 0 Å². The van der Waals surface area contributed by atoms with Crippen molar-refractivity contribution in [1.29, 1.82) is 0 Å². The number of morpholine rings is 1. The molecule has 1 fully saturated rings. The van der Waals surface area contributed by atoms with E-state index < -0.39 is 4.75 Å². The Labute approximate surface area is 172 Å². The third-order valence-electron chi connectivity index (χ3n) is 5.02. The molecule has 27 heavy (non-hydrogen) atoms. The fourth-order valence-electron chi connectivity index (χ4n) is 3.52. The highest BCUT2D eigenvalue weighted by Gasteiger charge is 2.46. The van der Waals surface area contributed by atoms with Gasteiger partial charge in [-0.3, -0.25) is 9.69 Å². The van der Waals surface area contributed by atoms with E-state index in [1.54, 1.807) is 11.8 Å². The number of fused-ring (bicyclic) bond motifs is 1. The summed E-state index contributed by atoms with van der Waals surface area (Å²) in [7, 11) is 0. The zero-order valence-electron chi connectivity index (χ0n) is 15.2. The number of ether oxygens (including phenoxy) is 2. The minimum absolute atomic E-state index is 0.143. The van der Waals surface area contributed by atoms with Gasteiger partial charge in [0.15, 0.2) is 5.78 Å². The number of halogens is 1. The summed E-state index contributed by atoms with van der Waals surface area (Å²) < 4.78 is 11.9. The van der Waals surface area contributed by atoms with Gasteiger partial charge in [-0.1, -0.05) is 34.1 Å². The number of carbonyl (C=O) groups is 1. The summed E-state index contributed by atoms with van der Waals surface area (Å²) >= 11 is 5.18. The third-order valence-corrected chi connectivity index (χ3v) is 7.20. The van der Waals surface area contributed by atoms with Gasteiger partial charge in [0.2, 0.25) is 0 Å². The predicted molar refractivity (Wildman–Crippen MR) is 111 cm³/mol. The molecule has 0 aromatic heterocycles. The Balaban J connectivity index is 1.70. The third kappa shape index (κ3) is 3.94. The van der Waals surface area contributed by atoms with Gasteiger partial charge in [-0.25, -0.2) is 0 Å². The number of Topliss-reactive ketones (excluding diaryl/α,β-unsaturated/α-hetero) is 1. The van der Waals surface area contributed by atoms with Gasteiger partial charge in [-0.2, -0.15) is 0 Å². The highest BCUT2D eigenvalue weighted by atomic mass is 79.9. The molecule has 0 unspecified atom stereocenters. The number of thioether (sulfide) groups is 1. The summed E-state index contributed by atoms with van der Waals surface area (Å²) in [6, 6.07) is 14.0. The predicted octanol–water partition coefficient (Wildman–Crippen LogP) is 4.20. The molecule has 0 N–H and O–H groups in total. The number of benzene rings is 2. The van der Waals surface area contributed by atoms with Crippen molar-refractivity contribution in [1.82, 2.24) is 4.90 Å². The minimum atomic E-state index is -0.666. The first kappa shape index (κ1) is 19.0. The minimum Gasteiger partial charge on any atom is -0.491 e. The van der Waals surface area contributed by atoms with Crippen LogP contribution in [-0.2, 0) is 4.74 Å². The number of ketones is 1. The van der Waals surface area contributed by atoms with E-state index >= 15 is 0 Å². The normalized spacial score (nSPS) is 23.0. The summed E-state index contributed by atoms with van der Waals surface area (Å²) in [5, 5.41) is 0. The number of rotatable bonds is 4. The molecule has 0 spiro atoms. The van der Waals surface area contributed by atoms with Gasteiger partial charge in [-0.05, 0) is 36.8 Å². The Kier molecular flexibility index (Phi) is 5.60. The maximum absolute atomic E-state index is 13.7. The van der Waals surface area contributed by atoms with Crippen molar-refractivity contribution in [2.45, 2.75) is 16.6 Å². The largest absolute Gasteiger partial charge is 0.491 e. The molecular weight excluding hydrogens is 426 g/mol.